The summed E-state index contributed by atoms with van der Waals surface area (Å²) in [4.78, 5) is 51.0. The zero-order chi connectivity index (χ0) is 30.9. The number of fused-ring (bicyclic) bond motifs is 2. The lowest BCUT2D eigenvalue weighted by atomic mass is 9.85. The second-order valence-electron chi connectivity index (χ2n) is 10.3. The smallest absolute Gasteiger partial charge is 0.405 e. The number of aliphatic hydroxyl groups is 1. The topological polar surface area (TPSA) is 166 Å². The van der Waals surface area contributed by atoms with Crippen LogP contribution < -0.4 is 16.4 Å². The molecule has 224 valence electrons. The van der Waals surface area contributed by atoms with E-state index in [0.717, 1.165) is 6.08 Å². The highest BCUT2D eigenvalue weighted by Crippen LogP contribution is 2.28. The molecule has 2 aliphatic rings. The fraction of sp³-hybridized carbons (Fsp3) is 0.467. The summed E-state index contributed by atoms with van der Waals surface area (Å²) >= 11 is 0. The summed E-state index contributed by atoms with van der Waals surface area (Å²) in [5.74, 6) is -2.22. The van der Waals surface area contributed by atoms with Crippen LogP contribution in [0.1, 0.15) is 40.5 Å². The molecule has 1 heterocycles. The first kappa shape index (κ1) is 33.4. The molecule has 2 rings (SSSR count). The number of allylic oxidation sites excluding steroid dienone is 4. The second kappa shape index (κ2) is 15.3. The average molecular weight is 572 g/mol. The van der Waals surface area contributed by atoms with Gasteiger partial charge >= 0.3 is 6.09 Å². The summed E-state index contributed by atoms with van der Waals surface area (Å²) in [5.41, 5.74) is 6.29. The van der Waals surface area contributed by atoms with E-state index in [2.05, 4.69) is 17.2 Å². The largest absolute Gasteiger partial charge is 0.439 e. The van der Waals surface area contributed by atoms with Crippen molar-refractivity contribution in [2.75, 3.05) is 14.2 Å². The van der Waals surface area contributed by atoms with Gasteiger partial charge in [-0.25, -0.2) is 4.79 Å². The zero-order valence-corrected chi connectivity index (χ0v) is 24.4. The molecule has 41 heavy (non-hydrogen) atoms. The lowest BCUT2D eigenvalue weighted by molar-refractivity contribution is -0.120. The molecule has 1 aliphatic heterocycles. The Bertz CT molecular complexity index is 1200. The Morgan fingerprint density at radius 2 is 1.88 bits per heavy atom. The van der Waals surface area contributed by atoms with E-state index in [4.69, 9.17) is 19.9 Å². The van der Waals surface area contributed by atoms with Crippen LogP contribution in [0.25, 0.3) is 0 Å². The van der Waals surface area contributed by atoms with E-state index in [9.17, 15) is 24.3 Å². The van der Waals surface area contributed by atoms with Gasteiger partial charge in [0.15, 0.2) is 6.10 Å². The molecule has 0 aromatic heterocycles. The van der Waals surface area contributed by atoms with Gasteiger partial charge in [-0.05, 0) is 44.4 Å². The number of aliphatic hydroxyl groups excluding tert-OH is 1. The molecular formula is C30H41N3O8. The molecule has 1 aliphatic carbocycles. The Morgan fingerprint density at radius 3 is 2.46 bits per heavy atom. The lowest BCUT2D eigenvalue weighted by Crippen LogP contribution is -2.37. The predicted octanol–water partition coefficient (Wildman–Crippen LogP) is 2.50. The summed E-state index contributed by atoms with van der Waals surface area (Å²) in [6.07, 6.45) is 4.99. The van der Waals surface area contributed by atoms with Crippen LogP contribution in [-0.2, 0) is 28.6 Å². The number of hydrogen-bond acceptors (Lipinski definition) is 9. The fourth-order valence-electron chi connectivity index (χ4n) is 4.84. The maximum absolute atomic E-state index is 13.4. The minimum absolute atomic E-state index is 0.0866. The summed E-state index contributed by atoms with van der Waals surface area (Å²) in [5, 5.41) is 16.5. The average Bonchev–Trinajstić information content (AvgIpc) is 2.92. The van der Waals surface area contributed by atoms with Crippen LogP contribution in [0, 0.1) is 11.8 Å². The summed E-state index contributed by atoms with van der Waals surface area (Å²) in [6.45, 7) is 10.5. The highest BCUT2D eigenvalue weighted by molar-refractivity contribution is 6.23. The maximum Gasteiger partial charge on any atom is 0.405 e. The second-order valence-corrected chi connectivity index (χ2v) is 10.3. The van der Waals surface area contributed by atoms with Crippen molar-refractivity contribution >= 4 is 23.6 Å². The molecule has 0 spiro atoms. The SMILES string of the molecule is C=CNC1=C2C[C@@H](C)C[C@H](OC)[C@H](O)[C@@H](C)/C=C(/C)[C@H](OC(N)=O)[C@@H](OC)/C=C\C=C(\C)C(=O)NC(=CC1=O)C2=O. The molecular weight excluding hydrogens is 530 g/mol. The Morgan fingerprint density at radius 1 is 1.20 bits per heavy atom. The number of carbonyl (C=O) groups is 4. The quantitative estimate of drug-likeness (QED) is 0.286. The van der Waals surface area contributed by atoms with Crippen molar-refractivity contribution in [3.8, 4) is 0 Å². The number of ketones is 2. The molecule has 6 atom stereocenters. The van der Waals surface area contributed by atoms with Gasteiger partial charge in [-0.15, -0.1) is 0 Å². The summed E-state index contributed by atoms with van der Waals surface area (Å²) < 4.78 is 16.5. The van der Waals surface area contributed by atoms with Gasteiger partial charge < -0.3 is 35.7 Å². The molecule has 0 aromatic rings. The minimum atomic E-state index is -1.00. The van der Waals surface area contributed by atoms with E-state index in [0.29, 0.717) is 12.0 Å². The number of primary amides is 1. The molecule has 0 unspecified atom stereocenters. The predicted molar refractivity (Wildman–Crippen MR) is 153 cm³/mol. The van der Waals surface area contributed by atoms with Crippen LogP contribution >= 0.6 is 0 Å². The van der Waals surface area contributed by atoms with Gasteiger partial charge in [0.25, 0.3) is 5.91 Å². The Kier molecular flexibility index (Phi) is 12.4. The maximum atomic E-state index is 13.4. The lowest BCUT2D eigenvalue weighted by Gasteiger charge is -2.30. The number of methoxy groups -OCH3 is 2. The van der Waals surface area contributed by atoms with Crippen LogP contribution in [0.2, 0.25) is 0 Å². The normalized spacial score (nSPS) is 32.1. The number of rotatable bonds is 5. The van der Waals surface area contributed by atoms with Crippen LogP contribution in [0.3, 0.4) is 0 Å². The third kappa shape index (κ3) is 8.84. The van der Waals surface area contributed by atoms with E-state index in [1.165, 1.54) is 26.5 Å². The number of Topliss-reactive ketones (excluding diaryl/α,β-unsaturated/α-hetero) is 1. The molecule has 11 nitrogen and oxygen atoms in total. The highest BCUT2D eigenvalue weighted by Gasteiger charge is 2.33. The Labute approximate surface area is 240 Å². The number of ether oxygens (including phenoxy) is 3. The van der Waals surface area contributed by atoms with Crippen LogP contribution in [0.15, 0.2) is 71.3 Å². The van der Waals surface area contributed by atoms with Crippen LogP contribution in [-0.4, -0.2) is 67.3 Å². The van der Waals surface area contributed by atoms with Gasteiger partial charge in [0.2, 0.25) is 11.6 Å². The Hall–Kier alpha value is -3.80. The van der Waals surface area contributed by atoms with Crippen molar-refractivity contribution < 1.29 is 38.5 Å². The standard InChI is InChI=1S/C30H41N3O8/c1-8-32-25-20-12-16(2)13-24(40-7)26(35)18(4)14-19(5)28(41-30(31)38)23(39-6)11-9-10-17(3)29(37)33-21(27(20)36)15-22(25)34/h8-11,14-16,18,23-24,26,28,32,35H,1,12-13H2,2-7H3,(H2,31,38)(H,33,37)/b11-9-,17-10-,19-14-/t16-,18+,23+,24+,26-,28+/m1/s1. The van der Waals surface area contributed by atoms with Gasteiger partial charge in [-0.2, -0.15) is 0 Å². The van der Waals surface area contributed by atoms with Gasteiger partial charge in [-0.1, -0.05) is 44.7 Å². The molecule has 0 radical (unpaired) electrons. The van der Waals surface area contributed by atoms with E-state index < -0.39 is 53.9 Å². The third-order valence-corrected chi connectivity index (χ3v) is 7.04. The van der Waals surface area contributed by atoms with Crippen LogP contribution in [0.4, 0.5) is 4.79 Å². The van der Waals surface area contributed by atoms with Crippen molar-refractivity contribution in [2.24, 2.45) is 17.6 Å². The van der Waals surface area contributed by atoms with Gasteiger partial charge in [0.05, 0.1) is 23.6 Å². The molecule has 0 saturated carbocycles. The van der Waals surface area contributed by atoms with Gasteiger partial charge in [0, 0.05) is 37.4 Å². The zero-order valence-electron chi connectivity index (χ0n) is 24.4. The number of amides is 2. The third-order valence-electron chi connectivity index (χ3n) is 7.04. The molecule has 2 bridgehead atoms. The first-order valence-electron chi connectivity index (χ1n) is 13.3. The van der Waals surface area contributed by atoms with Crippen molar-refractivity contribution in [3.05, 3.63) is 71.3 Å². The molecule has 11 heteroatoms. The van der Waals surface area contributed by atoms with E-state index >= 15 is 0 Å². The van der Waals surface area contributed by atoms with E-state index in [1.807, 2.05) is 6.92 Å². The first-order chi connectivity index (χ1) is 19.3. The number of nitrogens with two attached hydrogens (primary N) is 1. The number of hydrogen-bond donors (Lipinski definition) is 4. The van der Waals surface area contributed by atoms with E-state index in [-0.39, 0.29) is 34.9 Å². The molecule has 0 fully saturated rings. The molecule has 0 saturated heterocycles. The Balaban J connectivity index is 2.62. The van der Waals surface area contributed by atoms with Gasteiger partial charge in [0.1, 0.15) is 6.10 Å². The molecule has 5 N–H and O–H groups in total. The van der Waals surface area contributed by atoms with Crippen molar-refractivity contribution in [2.45, 2.75) is 65.0 Å². The highest BCUT2D eigenvalue weighted by atomic mass is 16.6. The summed E-state index contributed by atoms with van der Waals surface area (Å²) in [6, 6.07) is 0. The number of carbonyl (C=O) groups excluding carboxylic acids is 4. The molecule has 0 aromatic carbocycles. The molecule has 2 amide bonds. The van der Waals surface area contributed by atoms with Crippen molar-refractivity contribution in [3.63, 3.8) is 0 Å². The minimum Gasteiger partial charge on any atom is -0.439 e. The fourth-order valence-corrected chi connectivity index (χ4v) is 4.84. The first-order valence-corrected chi connectivity index (χ1v) is 13.3. The monoisotopic (exact) mass is 571 g/mol. The van der Waals surface area contributed by atoms with Crippen molar-refractivity contribution in [1.29, 1.82) is 0 Å². The van der Waals surface area contributed by atoms with Crippen molar-refractivity contribution in [1.82, 2.24) is 10.6 Å². The summed E-state index contributed by atoms with van der Waals surface area (Å²) in [7, 11) is 2.91. The number of nitrogens with one attached hydrogen (secondary N) is 2. The van der Waals surface area contributed by atoms with Gasteiger partial charge in [-0.3, -0.25) is 14.4 Å². The van der Waals surface area contributed by atoms with E-state index in [1.54, 1.807) is 39.0 Å². The van der Waals surface area contributed by atoms with Crippen LogP contribution in [0.5, 0.6) is 0 Å².